The molecule has 0 radical (unpaired) electrons. The number of halogens is 1. The number of piperazine rings is 1. The van der Waals surface area contributed by atoms with Crippen LogP contribution in [0.1, 0.15) is 5.56 Å². The molecule has 0 aromatic heterocycles. The summed E-state index contributed by atoms with van der Waals surface area (Å²) in [5.41, 5.74) is 1.77. The summed E-state index contributed by atoms with van der Waals surface area (Å²) in [5, 5.41) is 9.85. The van der Waals surface area contributed by atoms with Crippen molar-refractivity contribution < 1.29 is 4.74 Å². The van der Waals surface area contributed by atoms with E-state index >= 15 is 0 Å². The van der Waals surface area contributed by atoms with E-state index in [0.717, 1.165) is 37.7 Å². The number of rotatable bonds is 5. The molecule has 124 valence electrons. The molecule has 0 atom stereocenters. The summed E-state index contributed by atoms with van der Waals surface area (Å²) in [6, 6.07) is 17.5. The van der Waals surface area contributed by atoms with E-state index in [1.54, 1.807) is 6.07 Å². The predicted octanol–water partition coefficient (Wildman–Crippen LogP) is 3.41. The van der Waals surface area contributed by atoms with E-state index in [9.17, 15) is 0 Å². The van der Waals surface area contributed by atoms with Gasteiger partial charge in [0, 0.05) is 43.4 Å². The zero-order chi connectivity index (χ0) is 16.8. The number of ether oxygens (including phenoxy) is 1. The van der Waals surface area contributed by atoms with Gasteiger partial charge in [-0.25, -0.2) is 0 Å². The lowest BCUT2D eigenvalue weighted by Gasteiger charge is -2.36. The summed E-state index contributed by atoms with van der Waals surface area (Å²) in [7, 11) is 0. The smallest absolute Gasteiger partial charge is 0.137 e. The summed E-state index contributed by atoms with van der Waals surface area (Å²) in [6.45, 7) is 5.41. The predicted molar refractivity (Wildman–Crippen MR) is 96.8 cm³/mol. The molecule has 24 heavy (non-hydrogen) atoms. The van der Waals surface area contributed by atoms with Crippen molar-refractivity contribution in [3.8, 4) is 11.8 Å². The Morgan fingerprint density at radius 1 is 1.04 bits per heavy atom. The molecular weight excluding hydrogens is 322 g/mol. The van der Waals surface area contributed by atoms with Crippen molar-refractivity contribution in [1.82, 2.24) is 4.90 Å². The maximum atomic E-state index is 9.07. The highest BCUT2D eigenvalue weighted by Gasteiger charge is 2.17. The third-order valence-electron chi connectivity index (χ3n) is 4.22. The van der Waals surface area contributed by atoms with E-state index in [-0.39, 0.29) is 0 Å². The Labute approximate surface area is 147 Å². The van der Waals surface area contributed by atoms with Gasteiger partial charge in [-0.3, -0.25) is 4.90 Å². The molecule has 1 heterocycles. The number of hydrogen-bond donors (Lipinski definition) is 0. The molecule has 2 aromatic carbocycles. The van der Waals surface area contributed by atoms with Gasteiger partial charge in [-0.2, -0.15) is 5.26 Å². The van der Waals surface area contributed by atoms with Gasteiger partial charge in [-0.15, -0.1) is 0 Å². The molecular formula is C19H20ClN3O. The van der Waals surface area contributed by atoms with E-state index in [1.807, 2.05) is 36.4 Å². The van der Waals surface area contributed by atoms with Crippen molar-refractivity contribution in [2.45, 2.75) is 0 Å². The molecule has 0 unspecified atom stereocenters. The third-order valence-corrected chi connectivity index (χ3v) is 4.45. The number of para-hydroxylation sites is 1. The number of hydrogen-bond acceptors (Lipinski definition) is 4. The summed E-state index contributed by atoms with van der Waals surface area (Å²) in [6.07, 6.45) is 0. The molecule has 1 fully saturated rings. The Balaban J connectivity index is 1.45. The van der Waals surface area contributed by atoms with Crippen LogP contribution in [0.5, 0.6) is 5.75 Å². The van der Waals surface area contributed by atoms with Crippen LogP contribution in [0.3, 0.4) is 0 Å². The number of anilines is 1. The van der Waals surface area contributed by atoms with Crippen molar-refractivity contribution in [2.24, 2.45) is 0 Å². The first-order valence-electron chi connectivity index (χ1n) is 8.11. The zero-order valence-corrected chi connectivity index (χ0v) is 14.2. The molecule has 0 amide bonds. The van der Waals surface area contributed by atoms with Crippen LogP contribution in [0.25, 0.3) is 0 Å². The molecule has 1 aliphatic rings. The molecule has 0 saturated carbocycles. The largest absolute Gasteiger partial charge is 0.491 e. The highest BCUT2D eigenvalue weighted by atomic mass is 35.5. The monoisotopic (exact) mass is 341 g/mol. The Kier molecular flexibility index (Phi) is 5.58. The topological polar surface area (TPSA) is 39.5 Å². The van der Waals surface area contributed by atoms with Crippen molar-refractivity contribution in [3.63, 3.8) is 0 Å². The standard InChI is InChI=1S/C19H20ClN3O/c20-17-5-3-6-18(14-17)23-10-8-22(9-11-23)12-13-24-19-7-2-1-4-16(19)15-21/h1-7,14H,8-13H2. The van der Waals surface area contributed by atoms with Crippen LogP contribution in [-0.2, 0) is 0 Å². The van der Waals surface area contributed by atoms with E-state index in [1.165, 1.54) is 5.69 Å². The van der Waals surface area contributed by atoms with Crippen molar-refractivity contribution in [3.05, 3.63) is 59.1 Å². The summed E-state index contributed by atoms with van der Waals surface area (Å²) in [4.78, 5) is 4.74. The average Bonchev–Trinajstić information content (AvgIpc) is 2.63. The Hall–Kier alpha value is -2.22. The highest BCUT2D eigenvalue weighted by Crippen LogP contribution is 2.21. The summed E-state index contributed by atoms with van der Waals surface area (Å²) >= 11 is 6.07. The van der Waals surface area contributed by atoms with Crippen LogP contribution in [0.4, 0.5) is 5.69 Å². The van der Waals surface area contributed by atoms with E-state index in [0.29, 0.717) is 17.9 Å². The van der Waals surface area contributed by atoms with Gasteiger partial charge in [0.2, 0.25) is 0 Å². The maximum absolute atomic E-state index is 9.07. The third kappa shape index (κ3) is 4.19. The number of nitriles is 1. The van der Waals surface area contributed by atoms with E-state index in [4.69, 9.17) is 21.6 Å². The van der Waals surface area contributed by atoms with Crippen LogP contribution in [-0.4, -0.2) is 44.2 Å². The molecule has 4 nitrogen and oxygen atoms in total. The minimum atomic E-state index is 0.586. The summed E-state index contributed by atoms with van der Waals surface area (Å²) in [5.74, 6) is 0.664. The second kappa shape index (κ2) is 8.05. The lowest BCUT2D eigenvalue weighted by molar-refractivity contribution is 0.200. The van der Waals surface area contributed by atoms with E-state index < -0.39 is 0 Å². The molecule has 0 spiro atoms. The second-order valence-electron chi connectivity index (χ2n) is 5.76. The minimum Gasteiger partial charge on any atom is -0.491 e. The molecule has 2 aromatic rings. The fourth-order valence-electron chi connectivity index (χ4n) is 2.87. The zero-order valence-electron chi connectivity index (χ0n) is 13.5. The van der Waals surface area contributed by atoms with Gasteiger partial charge >= 0.3 is 0 Å². The molecule has 0 aliphatic carbocycles. The number of nitrogens with zero attached hydrogens (tertiary/aromatic N) is 3. The van der Waals surface area contributed by atoms with Gasteiger partial charge in [-0.1, -0.05) is 29.8 Å². The number of benzene rings is 2. The Bertz CT molecular complexity index is 721. The van der Waals surface area contributed by atoms with Crippen molar-refractivity contribution in [1.29, 1.82) is 5.26 Å². The fraction of sp³-hybridized carbons (Fsp3) is 0.316. The van der Waals surface area contributed by atoms with Gasteiger partial charge in [0.25, 0.3) is 0 Å². The first kappa shape index (κ1) is 16.6. The molecule has 5 heteroatoms. The van der Waals surface area contributed by atoms with E-state index in [2.05, 4.69) is 21.9 Å². The molecule has 0 N–H and O–H groups in total. The maximum Gasteiger partial charge on any atom is 0.137 e. The fourth-order valence-corrected chi connectivity index (χ4v) is 3.06. The van der Waals surface area contributed by atoms with Gasteiger partial charge in [0.1, 0.15) is 18.4 Å². The summed E-state index contributed by atoms with van der Waals surface area (Å²) < 4.78 is 5.76. The SMILES string of the molecule is N#Cc1ccccc1OCCN1CCN(c2cccc(Cl)c2)CC1. The lowest BCUT2D eigenvalue weighted by atomic mass is 10.2. The van der Waals surface area contributed by atoms with Crippen molar-refractivity contribution in [2.75, 3.05) is 44.2 Å². The molecule has 1 aliphatic heterocycles. The first-order valence-corrected chi connectivity index (χ1v) is 8.49. The van der Waals surface area contributed by atoms with Gasteiger partial charge in [-0.05, 0) is 30.3 Å². The molecule has 0 bridgehead atoms. The normalized spacial score (nSPS) is 15.1. The molecule has 3 rings (SSSR count). The second-order valence-corrected chi connectivity index (χ2v) is 6.20. The van der Waals surface area contributed by atoms with Gasteiger partial charge in [0.15, 0.2) is 0 Å². The van der Waals surface area contributed by atoms with Crippen molar-refractivity contribution >= 4 is 17.3 Å². The van der Waals surface area contributed by atoms with Gasteiger partial charge in [0.05, 0.1) is 5.56 Å². The molecule has 1 saturated heterocycles. The minimum absolute atomic E-state index is 0.586. The quantitative estimate of drug-likeness (QED) is 0.835. The Morgan fingerprint density at radius 2 is 1.83 bits per heavy atom. The van der Waals surface area contributed by atoms with Crippen LogP contribution in [0, 0.1) is 11.3 Å². The Morgan fingerprint density at radius 3 is 2.58 bits per heavy atom. The average molecular weight is 342 g/mol. The highest BCUT2D eigenvalue weighted by molar-refractivity contribution is 6.30. The van der Waals surface area contributed by atoms with Crippen LogP contribution >= 0.6 is 11.6 Å². The van der Waals surface area contributed by atoms with Crippen LogP contribution in [0.2, 0.25) is 5.02 Å². The van der Waals surface area contributed by atoms with Crippen LogP contribution < -0.4 is 9.64 Å². The van der Waals surface area contributed by atoms with Gasteiger partial charge < -0.3 is 9.64 Å². The first-order chi connectivity index (χ1) is 11.8. The lowest BCUT2D eigenvalue weighted by Crippen LogP contribution is -2.47. The van der Waals surface area contributed by atoms with Crippen LogP contribution in [0.15, 0.2) is 48.5 Å².